The number of carbonyl (C=O) groups excluding carboxylic acids is 1. The standard InChI is InChI=1S/C18H16ClF3N4O3S/c1-9(16(27)23-11-4-5-13(28-2)14(7-11)29-3)30-17-25-24-15-12(19)6-10(8-26(15)17)18(20,21)22/h4-9H,1-3H3,(H,23,27). The third-order valence-electron chi connectivity index (χ3n) is 4.06. The van der Waals surface area contributed by atoms with E-state index in [0.717, 1.165) is 28.4 Å². The first-order valence-electron chi connectivity index (χ1n) is 8.45. The van der Waals surface area contributed by atoms with Gasteiger partial charge in [-0.2, -0.15) is 13.2 Å². The average Bonchev–Trinajstić information content (AvgIpc) is 3.10. The topological polar surface area (TPSA) is 77.8 Å². The molecule has 1 amide bonds. The maximum absolute atomic E-state index is 13.1. The van der Waals surface area contributed by atoms with Crippen molar-refractivity contribution >= 4 is 40.6 Å². The molecule has 7 nitrogen and oxygen atoms in total. The maximum atomic E-state index is 13.1. The largest absolute Gasteiger partial charge is 0.493 e. The molecule has 0 saturated carbocycles. The van der Waals surface area contributed by atoms with E-state index in [0.29, 0.717) is 17.2 Å². The number of pyridine rings is 1. The number of nitrogens with one attached hydrogen (secondary N) is 1. The molecular weight excluding hydrogens is 445 g/mol. The molecule has 0 fully saturated rings. The van der Waals surface area contributed by atoms with Crippen molar-refractivity contribution in [1.29, 1.82) is 0 Å². The number of aromatic nitrogens is 3. The first-order valence-corrected chi connectivity index (χ1v) is 9.70. The highest BCUT2D eigenvalue weighted by Gasteiger charge is 2.32. The summed E-state index contributed by atoms with van der Waals surface area (Å²) >= 11 is 6.86. The quantitative estimate of drug-likeness (QED) is 0.544. The van der Waals surface area contributed by atoms with E-state index in [-0.39, 0.29) is 21.7 Å². The van der Waals surface area contributed by atoms with Crippen LogP contribution in [-0.2, 0) is 11.0 Å². The van der Waals surface area contributed by atoms with Gasteiger partial charge in [-0.1, -0.05) is 23.4 Å². The number of methoxy groups -OCH3 is 2. The molecule has 3 rings (SSSR count). The Kier molecular flexibility index (Phi) is 6.32. The summed E-state index contributed by atoms with van der Waals surface area (Å²) in [5, 5.41) is 9.61. The van der Waals surface area contributed by atoms with Gasteiger partial charge in [0, 0.05) is 18.0 Å². The van der Waals surface area contributed by atoms with E-state index in [2.05, 4.69) is 15.5 Å². The average molecular weight is 461 g/mol. The fourth-order valence-corrected chi connectivity index (χ4v) is 3.61. The normalized spacial score (nSPS) is 12.6. The van der Waals surface area contributed by atoms with Gasteiger partial charge in [0.2, 0.25) is 5.91 Å². The molecule has 0 bridgehead atoms. The molecule has 0 aliphatic rings. The Hall–Kier alpha value is -2.66. The van der Waals surface area contributed by atoms with Gasteiger partial charge >= 0.3 is 6.18 Å². The zero-order valence-electron chi connectivity index (χ0n) is 16.0. The molecule has 0 spiro atoms. The lowest BCUT2D eigenvalue weighted by Gasteiger charge is -2.13. The predicted octanol–water partition coefficient (Wildman–Crippen LogP) is 4.54. The summed E-state index contributed by atoms with van der Waals surface area (Å²) in [6.45, 7) is 1.59. The minimum atomic E-state index is -4.58. The molecule has 30 heavy (non-hydrogen) atoms. The highest BCUT2D eigenvalue weighted by Crippen LogP contribution is 2.34. The number of thioether (sulfide) groups is 1. The number of amides is 1. The van der Waals surface area contributed by atoms with Crippen LogP contribution in [0, 0.1) is 0 Å². The Morgan fingerprint density at radius 3 is 2.53 bits per heavy atom. The van der Waals surface area contributed by atoms with Crippen LogP contribution in [0.15, 0.2) is 35.6 Å². The molecule has 1 unspecified atom stereocenters. The molecule has 3 aromatic rings. The van der Waals surface area contributed by atoms with Gasteiger partial charge < -0.3 is 14.8 Å². The number of hydrogen-bond donors (Lipinski definition) is 1. The lowest BCUT2D eigenvalue weighted by atomic mass is 10.2. The van der Waals surface area contributed by atoms with Crippen molar-refractivity contribution < 1.29 is 27.4 Å². The number of hydrogen-bond acceptors (Lipinski definition) is 6. The van der Waals surface area contributed by atoms with Crippen LogP contribution in [0.3, 0.4) is 0 Å². The van der Waals surface area contributed by atoms with E-state index < -0.39 is 17.0 Å². The molecule has 0 saturated heterocycles. The SMILES string of the molecule is COc1ccc(NC(=O)C(C)Sc2nnc3c(Cl)cc(C(F)(F)F)cn23)cc1OC. The number of rotatable bonds is 6. The van der Waals surface area contributed by atoms with Gasteiger partial charge in [-0.05, 0) is 25.1 Å². The fraction of sp³-hybridized carbons (Fsp3) is 0.278. The molecule has 0 aliphatic carbocycles. The molecule has 0 radical (unpaired) electrons. The second kappa shape index (κ2) is 8.60. The number of anilines is 1. The molecule has 2 heterocycles. The third kappa shape index (κ3) is 4.57. The molecule has 1 aromatic carbocycles. The van der Waals surface area contributed by atoms with Crippen molar-refractivity contribution in [1.82, 2.24) is 14.6 Å². The van der Waals surface area contributed by atoms with Crippen molar-refractivity contribution in [2.75, 3.05) is 19.5 Å². The predicted molar refractivity (Wildman–Crippen MR) is 106 cm³/mol. The number of benzene rings is 1. The smallest absolute Gasteiger partial charge is 0.417 e. The first-order chi connectivity index (χ1) is 14.1. The van der Waals surface area contributed by atoms with E-state index in [1.165, 1.54) is 14.2 Å². The molecule has 1 N–H and O–H groups in total. The van der Waals surface area contributed by atoms with E-state index in [1.807, 2.05) is 0 Å². The summed E-state index contributed by atoms with van der Waals surface area (Å²) in [7, 11) is 2.97. The lowest BCUT2D eigenvalue weighted by molar-refractivity contribution is -0.137. The minimum absolute atomic E-state index is 0.0691. The number of alkyl halides is 3. The van der Waals surface area contributed by atoms with E-state index >= 15 is 0 Å². The maximum Gasteiger partial charge on any atom is 0.417 e. The Bertz CT molecular complexity index is 1090. The summed E-state index contributed by atoms with van der Waals surface area (Å²) in [4.78, 5) is 12.6. The molecule has 160 valence electrons. The van der Waals surface area contributed by atoms with Crippen molar-refractivity contribution in [2.24, 2.45) is 0 Å². The van der Waals surface area contributed by atoms with Gasteiger partial charge in [0.15, 0.2) is 22.3 Å². The highest BCUT2D eigenvalue weighted by molar-refractivity contribution is 8.00. The summed E-state index contributed by atoms with van der Waals surface area (Å²) in [5.74, 6) is 0.556. The van der Waals surface area contributed by atoms with E-state index in [4.69, 9.17) is 21.1 Å². The number of halogens is 4. The van der Waals surface area contributed by atoms with Gasteiger partial charge in [0.25, 0.3) is 0 Å². The van der Waals surface area contributed by atoms with Crippen LogP contribution >= 0.6 is 23.4 Å². The molecule has 0 aliphatic heterocycles. The molecule has 1 atom stereocenters. The monoisotopic (exact) mass is 460 g/mol. The summed E-state index contributed by atoms with van der Waals surface area (Å²) < 4.78 is 50.7. The second-order valence-electron chi connectivity index (χ2n) is 6.07. The number of fused-ring (bicyclic) bond motifs is 1. The van der Waals surface area contributed by atoms with Gasteiger partial charge in [-0.25, -0.2) is 0 Å². The van der Waals surface area contributed by atoms with Crippen LogP contribution in [0.5, 0.6) is 11.5 Å². The zero-order valence-corrected chi connectivity index (χ0v) is 17.5. The molecule has 2 aromatic heterocycles. The second-order valence-corrected chi connectivity index (χ2v) is 7.78. The molecular formula is C18H16ClF3N4O3S. The van der Waals surface area contributed by atoms with Gasteiger partial charge in [0.1, 0.15) is 0 Å². The minimum Gasteiger partial charge on any atom is -0.493 e. The fourth-order valence-electron chi connectivity index (χ4n) is 2.54. The van der Waals surface area contributed by atoms with Crippen LogP contribution in [-0.4, -0.2) is 40.0 Å². The summed E-state index contributed by atoms with van der Waals surface area (Å²) in [6.07, 6.45) is -3.73. The van der Waals surface area contributed by atoms with Crippen LogP contribution in [0.4, 0.5) is 18.9 Å². The number of carbonyl (C=O) groups is 1. The van der Waals surface area contributed by atoms with Gasteiger partial charge in [0.05, 0.1) is 30.1 Å². The van der Waals surface area contributed by atoms with Crippen molar-refractivity contribution in [3.63, 3.8) is 0 Å². The van der Waals surface area contributed by atoms with Crippen LogP contribution in [0.25, 0.3) is 5.65 Å². The van der Waals surface area contributed by atoms with Gasteiger partial charge in [-0.15, -0.1) is 10.2 Å². The highest BCUT2D eigenvalue weighted by atomic mass is 35.5. The van der Waals surface area contributed by atoms with Crippen molar-refractivity contribution in [3.8, 4) is 11.5 Å². The summed E-state index contributed by atoms with van der Waals surface area (Å²) in [5.41, 5.74) is -0.401. The Morgan fingerprint density at radius 1 is 1.20 bits per heavy atom. The van der Waals surface area contributed by atoms with Crippen LogP contribution in [0.1, 0.15) is 12.5 Å². The Balaban J connectivity index is 1.80. The van der Waals surface area contributed by atoms with Crippen LogP contribution < -0.4 is 14.8 Å². The number of nitrogens with zero attached hydrogens (tertiary/aromatic N) is 3. The van der Waals surface area contributed by atoms with E-state index in [1.54, 1.807) is 25.1 Å². The van der Waals surface area contributed by atoms with Crippen LogP contribution in [0.2, 0.25) is 5.02 Å². The lowest BCUT2D eigenvalue weighted by Crippen LogP contribution is -2.22. The van der Waals surface area contributed by atoms with E-state index in [9.17, 15) is 18.0 Å². The molecule has 12 heteroatoms. The zero-order chi connectivity index (χ0) is 22.1. The third-order valence-corrected chi connectivity index (χ3v) is 5.39. The van der Waals surface area contributed by atoms with Crippen molar-refractivity contribution in [3.05, 3.63) is 41.0 Å². The van der Waals surface area contributed by atoms with Gasteiger partial charge in [-0.3, -0.25) is 9.20 Å². The summed E-state index contributed by atoms with van der Waals surface area (Å²) in [6, 6.07) is 5.65. The Labute approximate surface area is 178 Å². The van der Waals surface area contributed by atoms with Crippen molar-refractivity contribution in [2.45, 2.75) is 23.5 Å². The number of ether oxygens (including phenoxy) is 2. The Morgan fingerprint density at radius 2 is 1.90 bits per heavy atom. The first kappa shape index (κ1) is 22.0.